The number of nitrogens with one attached hydrogen (secondary N) is 1. The fourth-order valence-electron chi connectivity index (χ4n) is 3.50. The average molecular weight is 366 g/mol. The van der Waals surface area contributed by atoms with Crippen LogP contribution in [-0.4, -0.2) is 57.6 Å². The lowest BCUT2D eigenvalue weighted by atomic mass is 10.0. The van der Waals surface area contributed by atoms with Gasteiger partial charge < -0.3 is 15.5 Å². The number of rotatable bonds is 5. The number of phenolic OH excluding ortho intramolecular Hbond substituents is 1. The van der Waals surface area contributed by atoms with Crippen LogP contribution < -0.4 is 5.32 Å². The topological polar surface area (TPSA) is 81.5 Å². The van der Waals surface area contributed by atoms with Crippen LogP contribution in [0.15, 0.2) is 24.3 Å². The molecule has 0 saturated carbocycles. The van der Waals surface area contributed by atoms with Gasteiger partial charge in [0.25, 0.3) is 0 Å². The van der Waals surface area contributed by atoms with Gasteiger partial charge in [-0.2, -0.15) is 0 Å². The second-order valence-corrected chi connectivity index (χ2v) is 6.88. The summed E-state index contributed by atoms with van der Waals surface area (Å²) in [4.78, 5) is 2.26. The van der Waals surface area contributed by atoms with E-state index in [1.165, 1.54) is 0 Å². The van der Waals surface area contributed by atoms with E-state index in [0.717, 1.165) is 42.9 Å². The van der Waals surface area contributed by atoms with E-state index >= 15 is 0 Å². The Bertz CT molecular complexity index is 855. The summed E-state index contributed by atoms with van der Waals surface area (Å²) in [5, 5.41) is 31.6. The normalized spacial score (nSPS) is 17.2. The molecule has 1 aromatic heterocycles. The minimum absolute atomic E-state index is 0.153. The zero-order valence-corrected chi connectivity index (χ0v) is 15.9. The van der Waals surface area contributed by atoms with Crippen molar-refractivity contribution in [3.63, 3.8) is 0 Å². The van der Waals surface area contributed by atoms with Crippen molar-refractivity contribution in [1.29, 1.82) is 0 Å². The highest BCUT2D eigenvalue weighted by Crippen LogP contribution is 2.31. The Hall–Kier alpha value is -2.62. The van der Waals surface area contributed by atoms with Gasteiger partial charge in [-0.15, -0.1) is 16.1 Å². The van der Waals surface area contributed by atoms with Crippen LogP contribution in [0.5, 0.6) is 5.75 Å². The molecule has 3 rings (SSSR count). The second-order valence-electron chi connectivity index (χ2n) is 6.88. The molecule has 1 aromatic carbocycles. The molecule has 0 spiro atoms. The van der Waals surface area contributed by atoms with Crippen LogP contribution in [-0.2, 0) is 0 Å². The summed E-state index contributed by atoms with van der Waals surface area (Å²) in [6.45, 7) is 6.55. The largest absolute Gasteiger partial charge is 0.507 e. The van der Waals surface area contributed by atoms with E-state index < -0.39 is 0 Å². The molecule has 2 aromatic rings. The molecule has 6 nitrogen and oxygen atoms in total. The zero-order valence-electron chi connectivity index (χ0n) is 15.9. The van der Waals surface area contributed by atoms with Crippen molar-refractivity contribution in [3.8, 4) is 28.8 Å². The Morgan fingerprint density at radius 1 is 1.30 bits per heavy atom. The van der Waals surface area contributed by atoms with E-state index in [0.29, 0.717) is 23.8 Å². The van der Waals surface area contributed by atoms with Crippen LogP contribution >= 0.6 is 0 Å². The third-order valence-corrected chi connectivity index (χ3v) is 4.78. The van der Waals surface area contributed by atoms with Gasteiger partial charge in [0.1, 0.15) is 11.6 Å². The number of aromatic hydroxyl groups is 1. The summed E-state index contributed by atoms with van der Waals surface area (Å²) in [5.74, 6) is 6.65. The molecule has 0 radical (unpaired) electrons. The van der Waals surface area contributed by atoms with E-state index in [2.05, 4.69) is 32.3 Å². The van der Waals surface area contributed by atoms with Crippen LogP contribution in [0.2, 0.25) is 0 Å². The number of hydrogen-bond acceptors (Lipinski definition) is 6. The molecule has 1 saturated heterocycles. The van der Waals surface area contributed by atoms with Crippen molar-refractivity contribution in [2.75, 3.05) is 31.6 Å². The summed E-state index contributed by atoms with van der Waals surface area (Å²) in [7, 11) is 0. The molecule has 3 N–H and O–H groups in total. The van der Waals surface area contributed by atoms with Crippen molar-refractivity contribution < 1.29 is 10.2 Å². The van der Waals surface area contributed by atoms with Gasteiger partial charge in [0, 0.05) is 30.3 Å². The monoisotopic (exact) mass is 366 g/mol. The highest BCUT2D eigenvalue weighted by atomic mass is 16.3. The maximum atomic E-state index is 10.3. The van der Waals surface area contributed by atoms with E-state index in [-0.39, 0.29) is 12.4 Å². The summed E-state index contributed by atoms with van der Waals surface area (Å²) in [6, 6.07) is 7.61. The first-order chi connectivity index (χ1) is 13.1. The third-order valence-electron chi connectivity index (χ3n) is 4.78. The van der Waals surface area contributed by atoms with Crippen molar-refractivity contribution in [1.82, 2.24) is 15.1 Å². The molecule has 1 aliphatic rings. The van der Waals surface area contributed by atoms with E-state index in [9.17, 15) is 5.11 Å². The maximum Gasteiger partial charge on any atom is 0.149 e. The number of aromatic nitrogens is 2. The number of piperidine rings is 1. The zero-order chi connectivity index (χ0) is 19.2. The first kappa shape index (κ1) is 19.2. The first-order valence-corrected chi connectivity index (χ1v) is 9.31. The fourth-order valence-corrected chi connectivity index (χ4v) is 3.50. The molecule has 27 heavy (non-hydrogen) atoms. The van der Waals surface area contributed by atoms with Gasteiger partial charge in [-0.1, -0.05) is 5.92 Å². The molecule has 2 heterocycles. The van der Waals surface area contributed by atoms with E-state index in [4.69, 9.17) is 5.11 Å². The van der Waals surface area contributed by atoms with Crippen LogP contribution in [0.25, 0.3) is 11.3 Å². The van der Waals surface area contributed by atoms with E-state index in [1.54, 1.807) is 13.0 Å². The molecule has 0 aliphatic carbocycles. The number of aliphatic hydroxyl groups excluding tert-OH is 1. The second kappa shape index (κ2) is 8.85. The summed E-state index contributed by atoms with van der Waals surface area (Å²) in [6.07, 6.45) is 2.17. The highest BCUT2D eigenvalue weighted by Gasteiger charge is 2.20. The predicted molar refractivity (Wildman–Crippen MR) is 107 cm³/mol. The van der Waals surface area contributed by atoms with Crippen LogP contribution in [0.3, 0.4) is 0 Å². The molecule has 142 valence electrons. The number of nitrogens with zero attached hydrogens (tertiary/aromatic N) is 3. The molecule has 0 amide bonds. The number of hydrogen-bond donors (Lipinski definition) is 3. The standard InChI is InChI=1S/C21H26N4O2/c1-3-5-16-7-8-18(19(27)13-16)21-15(2)12-20(23-24-21)22-17-6-4-9-25(14-17)10-11-26/h7-8,12-13,17,26-27H,4,6,9-11,14H2,1-2H3,(H,22,23)/t17-/m1/s1. The molecule has 0 unspecified atom stereocenters. The summed E-state index contributed by atoms with van der Waals surface area (Å²) in [5.41, 5.74) is 3.03. The summed E-state index contributed by atoms with van der Waals surface area (Å²) >= 11 is 0. The number of benzene rings is 1. The smallest absolute Gasteiger partial charge is 0.149 e. The SMILES string of the molecule is CC#Cc1ccc(-c2nnc(N[C@@H]3CCCN(CCO)C3)cc2C)c(O)c1. The van der Waals surface area contributed by atoms with Crippen molar-refractivity contribution in [3.05, 3.63) is 35.4 Å². The molecular weight excluding hydrogens is 340 g/mol. The number of β-amino-alcohol motifs (C(OH)–C–C–N with tert-alkyl or cyclic N) is 1. The van der Waals surface area contributed by atoms with Gasteiger partial charge in [0.15, 0.2) is 0 Å². The van der Waals surface area contributed by atoms with Crippen molar-refractivity contribution >= 4 is 5.82 Å². The van der Waals surface area contributed by atoms with Gasteiger partial charge in [-0.25, -0.2) is 0 Å². The Labute approximate surface area is 160 Å². The lowest BCUT2D eigenvalue weighted by Crippen LogP contribution is -2.43. The molecular formula is C21H26N4O2. The van der Waals surface area contributed by atoms with Gasteiger partial charge in [-0.05, 0) is 63.1 Å². The predicted octanol–water partition coefficient (Wildman–Crippen LogP) is 2.40. The van der Waals surface area contributed by atoms with Crippen molar-refractivity contribution in [2.45, 2.75) is 32.7 Å². The number of phenols is 1. The molecule has 1 fully saturated rings. The number of aliphatic hydroxyl groups is 1. The average Bonchev–Trinajstić information content (AvgIpc) is 2.64. The first-order valence-electron chi connectivity index (χ1n) is 9.31. The Balaban J connectivity index is 1.75. The molecule has 6 heteroatoms. The highest BCUT2D eigenvalue weighted by molar-refractivity contribution is 5.71. The summed E-state index contributed by atoms with van der Waals surface area (Å²) < 4.78 is 0. The molecule has 1 aliphatic heterocycles. The lowest BCUT2D eigenvalue weighted by molar-refractivity contribution is 0.166. The van der Waals surface area contributed by atoms with Crippen LogP contribution in [0.4, 0.5) is 5.82 Å². The minimum atomic E-state index is 0.153. The van der Waals surface area contributed by atoms with Gasteiger partial charge >= 0.3 is 0 Å². The van der Waals surface area contributed by atoms with Gasteiger partial charge in [0.05, 0.1) is 12.3 Å². The molecule has 0 bridgehead atoms. The Kier molecular flexibility index (Phi) is 6.28. The van der Waals surface area contributed by atoms with Crippen LogP contribution in [0, 0.1) is 18.8 Å². The minimum Gasteiger partial charge on any atom is -0.507 e. The maximum absolute atomic E-state index is 10.3. The quantitative estimate of drug-likeness (QED) is 0.705. The Morgan fingerprint density at radius 3 is 2.85 bits per heavy atom. The van der Waals surface area contributed by atoms with Gasteiger partial charge in [-0.3, -0.25) is 4.90 Å². The third kappa shape index (κ3) is 4.76. The fraction of sp³-hybridized carbons (Fsp3) is 0.429. The van der Waals surface area contributed by atoms with Gasteiger partial charge in [0.2, 0.25) is 0 Å². The van der Waals surface area contributed by atoms with Crippen LogP contribution in [0.1, 0.15) is 30.9 Å². The van der Waals surface area contributed by atoms with E-state index in [1.807, 2.05) is 25.1 Å². The number of anilines is 1. The molecule has 1 atom stereocenters. The number of likely N-dealkylation sites (tertiary alicyclic amines) is 1. The number of aryl methyl sites for hydroxylation is 1. The Morgan fingerprint density at radius 2 is 2.15 bits per heavy atom. The lowest BCUT2D eigenvalue weighted by Gasteiger charge is -2.32. The van der Waals surface area contributed by atoms with Crippen molar-refractivity contribution in [2.24, 2.45) is 0 Å².